The van der Waals surface area contributed by atoms with E-state index in [9.17, 15) is 22.8 Å². The maximum Gasteiger partial charge on any atom is 0.417 e. The number of aromatic nitrogens is 3. The van der Waals surface area contributed by atoms with Crippen molar-refractivity contribution in [3.8, 4) is 0 Å². The summed E-state index contributed by atoms with van der Waals surface area (Å²) in [6.45, 7) is 3.23. The average Bonchev–Trinajstić information content (AvgIpc) is 3.18. The summed E-state index contributed by atoms with van der Waals surface area (Å²) >= 11 is 5.72. The number of amides is 2. The normalized spacial score (nSPS) is 17.9. The number of benzene rings is 1. The molecule has 0 saturated heterocycles. The van der Waals surface area contributed by atoms with Crippen LogP contribution in [0.1, 0.15) is 50.3 Å². The molecular formula is C24H21ClF3N5O2. The van der Waals surface area contributed by atoms with E-state index in [0.717, 1.165) is 23.5 Å². The second kappa shape index (κ2) is 8.67. The highest BCUT2D eigenvalue weighted by Crippen LogP contribution is 2.36. The molecule has 35 heavy (non-hydrogen) atoms. The van der Waals surface area contributed by atoms with E-state index in [-0.39, 0.29) is 24.1 Å². The van der Waals surface area contributed by atoms with Crippen LogP contribution in [-0.4, -0.2) is 49.0 Å². The van der Waals surface area contributed by atoms with Crippen LogP contribution in [0.4, 0.5) is 13.2 Å². The molecule has 2 amide bonds. The summed E-state index contributed by atoms with van der Waals surface area (Å²) in [5.74, 6) is -0.762. The van der Waals surface area contributed by atoms with Crippen LogP contribution in [0.2, 0.25) is 5.02 Å². The van der Waals surface area contributed by atoms with Gasteiger partial charge in [-0.15, -0.1) is 0 Å². The molecule has 5 rings (SSSR count). The molecule has 11 heteroatoms. The van der Waals surface area contributed by atoms with Crippen LogP contribution in [0.15, 0.2) is 42.6 Å². The molecule has 0 bridgehead atoms. The third-order valence-corrected chi connectivity index (χ3v) is 6.74. The number of halogens is 4. The molecule has 2 aliphatic heterocycles. The van der Waals surface area contributed by atoms with Crippen LogP contribution in [0.25, 0.3) is 0 Å². The van der Waals surface area contributed by atoms with E-state index in [2.05, 4.69) is 10.1 Å². The highest BCUT2D eigenvalue weighted by Gasteiger charge is 2.38. The Labute approximate surface area is 204 Å². The fraction of sp³-hybridized carbons (Fsp3) is 0.333. The first-order chi connectivity index (χ1) is 16.6. The van der Waals surface area contributed by atoms with Gasteiger partial charge in [0.1, 0.15) is 5.69 Å². The summed E-state index contributed by atoms with van der Waals surface area (Å²) in [5.41, 5.74) is 1.38. The molecule has 0 saturated carbocycles. The second-order valence-corrected chi connectivity index (χ2v) is 9.13. The van der Waals surface area contributed by atoms with Crippen molar-refractivity contribution in [2.75, 3.05) is 6.54 Å². The molecule has 7 nitrogen and oxygen atoms in total. The Kier molecular flexibility index (Phi) is 5.79. The van der Waals surface area contributed by atoms with Gasteiger partial charge in [-0.1, -0.05) is 17.7 Å². The number of hydrogen-bond acceptors (Lipinski definition) is 4. The van der Waals surface area contributed by atoms with E-state index in [1.165, 1.54) is 11.0 Å². The highest BCUT2D eigenvalue weighted by atomic mass is 35.5. The van der Waals surface area contributed by atoms with Crippen LogP contribution < -0.4 is 0 Å². The van der Waals surface area contributed by atoms with Gasteiger partial charge in [-0.05, 0) is 37.3 Å². The summed E-state index contributed by atoms with van der Waals surface area (Å²) in [7, 11) is 0. The smallest absolute Gasteiger partial charge is 0.331 e. The summed E-state index contributed by atoms with van der Waals surface area (Å²) in [6, 6.07) is 8.34. The van der Waals surface area contributed by atoms with Gasteiger partial charge in [0.05, 0.1) is 41.6 Å². The van der Waals surface area contributed by atoms with E-state index >= 15 is 0 Å². The number of carbonyl (C=O) groups is 2. The molecule has 0 N–H and O–H groups in total. The molecule has 0 fully saturated rings. The van der Waals surface area contributed by atoms with Crippen molar-refractivity contribution in [2.24, 2.45) is 0 Å². The minimum atomic E-state index is -4.68. The van der Waals surface area contributed by atoms with Crippen LogP contribution >= 0.6 is 11.6 Å². The minimum absolute atomic E-state index is 0.0812. The van der Waals surface area contributed by atoms with Gasteiger partial charge >= 0.3 is 6.18 Å². The molecule has 0 unspecified atom stereocenters. The zero-order chi connectivity index (χ0) is 24.9. The van der Waals surface area contributed by atoms with Crippen molar-refractivity contribution in [3.05, 3.63) is 81.4 Å². The number of carbonyl (C=O) groups excluding carboxylic acids is 2. The van der Waals surface area contributed by atoms with Gasteiger partial charge in [0.25, 0.3) is 11.8 Å². The molecule has 0 spiro atoms. The minimum Gasteiger partial charge on any atom is -0.331 e. The highest BCUT2D eigenvalue weighted by molar-refractivity contribution is 6.31. The van der Waals surface area contributed by atoms with Gasteiger partial charge in [0.15, 0.2) is 0 Å². The molecule has 182 valence electrons. The Bertz CT molecular complexity index is 1310. The second-order valence-electron chi connectivity index (χ2n) is 8.72. The lowest BCUT2D eigenvalue weighted by Gasteiger charge is -2.34. The summed E-state index contributed by atoms with van der Waals surface area (Å²) in [5, 5.41) is 4.14. The monoisotopic (exact) mass is 503 g/mol. The van der Waals surface area contributed by atoms with E-state index in [4.69, 9.17) is 11.6 Å². The molecule has 1 atom stereocenters. The number of fused-ring (bicyclic) bond motifs is 3. The molecule has 1 aromatic carbocycles. The zero-order valence-electron chi connectivity index (χ0n) is 18.7. The average molecular weight is 504 g/mol. The number of rotatable bonds is 3. The molecule has 3 aromatic rings. The summed E-state index contributed by atoms with van der Waals surface area (Å²) in [6.07, 6.45) is -2.61. The lowest BCUT2D eigenvalue weighted by Crippen LogP contribution is -2.44. The van der Waals surface area contributed by atoms with Gasteiger partial charge in [-0.2, -0.15) is 18.3 Å². The lowest BCUT2D eigenvalue weighted by molar-refractivity contribution is -0.137. The molecule has 4 heterocycles. The standard InChI is InChI=1S/C24H21ClF3N5O2/c1-14-10-20-17(13-32(14)22(34)15-5-6-19(25)18(11-15)24(26,27)28)21-23(35)31(8-9-33(21)30-20)12-16-4-2-3-7-29-16/h2-7,11,14H,8-10,12-13H2,1H3/t14-/m1/s1. The van der Waals surface area contributed by atoms with Gasteiger partial charge in [-0.3, -0.25) is 19.3 Å². The Morgan fingerprint density at radius 2 is 2.00 bits per heavy atom. The molecule has 0 aliphatic carbocycles. The van der Waals surface area contributed by atoms with Crippen LogP contribution in [0, 0.1) is 0 Å². The number of alkyl halides is 3. The Hall–Kier alpha value is -3.40. The molecule has 2 aliphatic rings. The third kappa shape index (κ3) is 4.27. The predicted molar refractivity (Wildman–Crippen MR) is 121 cm³/mol. The van der Waals surface area contributed by atoms with Gasteiger partial charge in [0.2, 0.25) is 0 Å². The lowest BCUT2D eigenvalue weighted by atomic mass is 9.97. The van der Waals surface area contributed by atoms with Crippen molar-refractivity contribution >= 4 is 23.4 Å². The first kappa shape index (κ1) is 23.3. The maximum atomic E-state index is 13.4. The van der Waals surface area contributed by atoms with Crippen molar-refractivity contribution < 1.29 is 22.8 Å². The van der Waals surface area contributed by atoms with Crippen LogP contribution in [-0.2, 0) is 32.2 Å². The van der Waals surface area contributed by atoms with E-state index in [0.29, 0.717) is 37.3 Å². The maximum absolute atomic E-state index is 13.4. The SMILES string of the molecule is C[C@@H]1Cc2nn3c(c2CN1C(=O)c1ccc(Cl)c(C(F)(F)F)c1)C(=O)N(Cc1ccccn1)CC3. The molecular weight excluding hydrogens is 483 g/mol. The Morgan fingerprint density at radius 1 is 1.20 bits per heavy atom. The molecule has 0 radical (unpaired) electrons. The topological polar surface area (TPSA) is 71.3 Å². The number of hydrogen-bond donors (Lipinski definition) is 0. The van der Waals surface area contributed by atoms with Crippen molar-refractivity contribution in [2.45, 2.75) is 45.2 Å². The van der Waals surface area contributed by atoms with E-state index in [1.54, 1.807) is 21.8 Å². The summed E-state index contributed by atoms with van der Waals surface area (Å²) in [4.78, 5) is 34.1. The third-order valence-electron chi connectivity index (χ3n) is 6.41. The van der Waals surface area contributed by atoms with Crippen LogP contribution in [0.5, 0.6) is 0 Å². The Morgan fingerprint density at radius 3 is 2.71 bits per heavy atom. The van der Waals surface area contributed by atoms with E-state index < -0.39 is 22.7 Å². The largest absolute Gasteiger partial charge is 0.417 e. The first-order valence-corrected chi connectivity index (χ1v) is 11.5. The fourth-order valence-corrected chi connectivity index (χ4v) is 4.84. The Balaban J connectivity index is 1.43. The van der Waals surface area contributed by atoms with Gasteiger partial charge < -0.3 is 9.80 Å². The summed E-state index contributed by atoms with van der Waals surface area (Å²) < 4.78 is 41.6. The van der Waals surface area contributed by atoms with Crippen molar-refractivity contribution in [1.82, 2.24) is 24.6 Å². The van der Waals surface area contributed by atoms with Gasteiger partial charge in [0, 0.05) is 36.3 Å². The van der Waals surface area contributed by atoms with E-state index in [1.807, 2.05) is 19.1 Å². The van der Waals surface area contributed by atoms with Crippen LogP contribution in [0.3, 0.4) is 0 Å². The van der Waals surface area contributed by atoms with Crippen molar-refractivity contribution in [3.63, 3.8) is 0 Å². The number of pyridine rings is 1. The van der Waals surface area contributed by atoms with Gasteiger partial charge in [-0.25, -0.2) is 0 Å². The van der Waals surface area contributed by atoms with Crippen molar-refractivity contribution in [1.29, 1.82) is 0 Å². The first-order valence-electron chi connectivity index (χ1n) is 11.1. The quantitative estimate of drug-likeness (QED) is 0.537. The zero-order valence-corrected chi connectivity index (χ0v) is 19.5. The number of nitrogens with zero attached hydrogens (tertiary/aromatic N) is 5. The predicted octanol–water partition coefficient (Wildman–Crippen LogP) is 4.19. The molecule has 2 aromatic heterocycles. The fourth-order valence-electron chi connectivity index (χ4n) is 4.61.